The Bertz CT molecular complexity index is 923. The number of carboxylic acids is 1. The fourth-order valence-electron chi connectivity index (χ4n) is 4.16. The number of hydrogen-bond acceptors (Lipinski definition) is 3. The molecule has 0 unspecified atom stereocenters. The van der Waals surface area contributed by atoms with E-state index in [2.05, 4.69) is 6.58 Å². The van der Waals surface area contributed by atoms with Crippen LogP contribution in [0.25, 0.3) is 0 Å². The molecule has 2 aromatic carbocycles. The van der Waals surface area contributed by atoms with Gasteiger partial charge in [-0.05, 0) is 56.5 Å². The Morgan fingerprint density at radius 2 is 2.00 bits per heavy atom. The molecule has 1 aliphatic rings. The molecule has 1 saturated heterocycles. The van der Waals surface area contributed by atoms with E-state index in [1.807, 2.05) is 45.0 Å². The van der Waals surface area contributed by atoms with E-state index in [4.69, 9.17) is 21.1 Å². The highest BCUT2D eigenvalue weighted by atomic mass is 35.5. The fourth-order valence-corrected chi connectivity index (χ4v) is 4.44. The van der Waals surface area contributed by atoms with Gasteiger partial charge in [0.25, 0.3) is 0 Å². The molecule has 0 amide bonds. The Balaban J connectivity index is 2.01. The van der Waals surface area contributed by atoms with Crippen LogP contribution in [0.15, 0.2) is 54.6 Å². The van der Waals surface area contributed by atoms with Gasteiger partial charge in [0.05, 0.1) is 24.4 Å². The molecule has 1 N–H and O–H groups in total. The number of halogens is 1. The number of benzene rings is 2. The van der Waals surface area contributed by atoms with Crippen LogP contribution in [0.3, 0.4) is 0 Å². The zero-order valence-electron chi connectivity index (χ0n) is 17.7. The average molecular weight is 429 g/mol. The first-order chi connectivity index (χ1) is 14.3. The van der Waals surface area contributed by atoms with Crippen LogP contribution in [0.2, 0.25) is 5.02 Å². The summed E-state index contributed by atoms with van der Waals surface area (Å²) in [4.78, 5) is 11.6. The molecule has 0 spiro atoms. The number of ether oxygens (including phenoxy) is 2. The second-order valence-corrected chi connectivity index (χ2v) is 8.39. The van der Waals surface area contributed by atoms with E-state index >= 15 is 0 Å². The van der Waals surface area contributed by atoms with E-state index in [1.165, 1.54) is 0 Å². The van der Waals surface area contributed by atoms with Crippen molar-refractivity contribution in [1.29, 1.82) is 0 Å². The van der Waals surface area contributed by atoms with Gasteiger partial charge in [0.2, 0.25) is 0 Å². The van der Waals surface area contributed by atoms with Crippen LogP contribution in [0.5, 0.6) is 5.75 Å². The standard InChI is InChI=1S/C25H29ClO4/c1-5-12-29-23-11-10-17(25(27)28)13-21(23)24-19(15(2)3)14-20(16(4)30-24)18-8-6-7-9-22(18)26/h6-11,13,16,19-20,24H,2,5,12,14H2,1,3-4H3,(H,27,28)/t16-,19-,20+,24+/m1/s1. The molecule has 0 bridgehead atoms. The van der Waals surface area contributed by atoms with Crippen molar-refractivity contribution >= 4 is 17.6 Å². The number of carbonyl (C=O) groups is 1. The Kier molecular flexibility index (Phi) is 7.22. The van der Waals surface area contributed by atoms with Crippen molar-refractivity contribution in [2.75, 3.05) is 6.61 Å². The maximum atomic E-state index is 11.6. The van der Waals surface area contributed by atoms with Gasteiger partial charge in [-0.1, -0.05) is 48.9 Å². The van der Waals surface area contributed by atoms with Crippen molar-refractivity contribution in [3.63, 3.8) is 0 Å². The van der Waals surface area contributed by atoms with Crippen LogP contribution >= 0.6 is 11.6 Å². The highest BCUT2D eigenvalue weighted by Crippen LogP contribution is 2.49. The minimum Gasteiger partial charge on any atom is -0.493 e. The summed E-state index contributed by atoms with van der Waals surface area (Å²) in [5, 5.41) is 10.2. The lowest BCUT2D eigenvalue weighted by atomic mass is 9.75. The van der Waals surface area contributed by atoms with Gasteiger partial charge in [-0.3, -0.25) is 0 Å². The molecule has 1 heterocycles. The average Bonchev–Trinajstić information content (AvgIpc) is 2.72. The van der Waals surface area contributed by atoms with E-state index in [0.29, 0.717) is 12.4 Å². The molecular formula is C25H29ClO4. The minimum absolute atomic E-state index is 0.00972. The van der Waals surface area contributed by atoms with Crippen LogP contribution in [0, 0.1) is 5.92 Å². The molecule has 0 saturated carbocycles. The molecule has 0 aliphatic carbocycles. The van der Waals surface area contributed by atoms with Gasteiger partial charge in [0, 0.05) is 22.4 Å². The summed E-state index contributed by atoms with van der Waals surface area (Å²) in [6.45, 7) is 10.8. The second-order valence-electron chi connectivity index (χ2n) is 7.98. The van der Waals surface area contributed by atoms with E-state index in [-0.39, 0.29) is 29.6 Å². The van der Waals surface area contributed by atoms with Gasteiger partial charge in [-0.15, -0.1) is 0 Å². The van der Waals surface area contributed by atoms with Crippen LogP contribution in [0.1, 0.15) is 67.1 Å². The van der Waals surface area contributed by atoms with Crippen molar-refractivity contribution in [3.8, 4) is 5.75 Å². The van der Waals surface area contributed by atoms with E-state index in [9.17, 15) is 9.90 Å². The summed E-state index contributed by atoms with van der Waals surface area (Å²) < 4.78 is 12.5. The number of aromatic carboxylic acids is 1. The van der Waals surface area contributed by atoms with E-state index in [1.54, 1.807) is 18.2 Å². The van der Waals surface area contributed by atoms with Crippen molar-refractivity contribution in [2.45, 2.75) is 51.7 Å². The first kappa shape index (κ1) is 22.4. The Morgan fingerprint density at radius 3 is 2.63 bits per heavy atom. The Hall–Kier alpha value is -2.30. The highest BCUT2D eigenvalue weighted by Gasteiger charge is 2.39. The van der Waals surface area contributed by atoms with Crippen molar-refractivity contribution in [2.24, 2.45) is 5.92 Å². The summed E-state index contributed by atoms with van der Waals surface area (Å²) in [5.74, 6) is -0.167. The lowest BCUT2D eigenvalue weighted by Crippen LogP contribution is -2.34. The van der Waals surface area contributed by atoms with Gasteiger partial charge < -0.3 is 14.6 Å². The van der Waals surface area contributed by atoms with Crippen LogP contribution < -0.4 is 4.74 Å². The SMILES string of the molecule is C=C(C)[C@H]1C[C@H](c2ccccc2Cl)[C@@H](C)O[C@@H]1c1cc(C(=O)O)ccc1OCCC. The first-order valence-corrected chi connectivity index (χ1v) is 10.8. The number of carboxylic acid groups (broad SMARTS) is 1. The number of rotatable bonds is 7. The normalized spacial score (nSPS) is 23.7. The summed E-state index contributed by atoms with van der Waals surface area (Å²) in [5.41, 5.74) is 3.05. The first-order valence-electron chi connectivity index (χ1n) is 10.4. The molecule has 30 heavy (non-hydrogen) atoms. The summed E-state index contributed by atoms with van der Waals surface area (Å²) >= 11 is 6.48. The Labute approximate surface area is 183 Å². The molecule has 3 rings (SSSR count). The van der Waals surface area contributed by atoms with Gasteiger partial charge in [-0.2, -0.15) is 0 Å². The fraction of sp³-hybridized carbons (Fsp3) is 0.400. The molecule has 1 aliphatic heterocycles. The van der Waals surface area contributed by atoms with Gasteiger partial charge in [0.1, 0.15) is 5.75 Å². The largest absolute Gasteiger partial charge is 0.493 e. The minimum atomic E-state index is -0.969. The molecule has 160 valence electrons. The zero-order valence-corrected chi connectivity index (χ0v) is 18.5. The molecule has 0 aromatic heterocycles. The third-order valence-corrected chi connectivity index (χ3v) is 6.11. The van der Waals surface area contributed by atoms with Crippen LogP contribution in [-0.4, -0.2) is 23.8 Å². The quantitative estimate of drug-likeness (QED) is 0.501. The Morgan fingerprint density at radius 1 is 1.27 bits per heavy atom. The maximum Gasteiger partial charge on any atom is 0.335 e. The highest BCUT2D eigenvalue weighted by molar-refractivity contribution is 6.31. The van der Waals surface area contributed by atoms with E-state index in [0.717, 1.165) is 34.6 Å². The molecule has 4 atom stereocenters. The van der Waals surface area contributed by atoms with Crippen molar-refractivity contribution in [3.05, 3.63) is 76.3 Å². The molecule has 0 radical (unpaired) electrons. The predicted octanol–water partition coefficient (Wildman–Crippen LogP) is 6.65. The summed E-state index contributed by atoms with van der Waals surface area (Å²) in [7, 11) is 0. The lowest BCUT2D eigenvalue weighted by molar-refractivity contribution is -0.0812. The number of hydrogen-bond donors (Lipinski definition) is 1. The molecule has 4 nitrogen and oxygen atoms in total. The predicted molar refractivity (Wildman–Crippen MR) is 120 cm³/mol. The van der Waals surface area contributed by atoms with Gasteiger partial charge in [-0.25, -0.2) is 4.79 Å². The molecule has 1 fully saturated rings. The molecule has 2 aromatic rings. The summed E-state index contributed by atoms with van der Waals surface area (Å²) in [6, 6.07) is 12.8. The van der Waals surface area contributed by atoms with Gasteiger partial charge in [0.15, 0.2) is 0 Å². The molecular weight excluding hydrogens is 400 g/mol. The summed E-state index contributed by atoms with van der Waals surface area (Å²) in [6.07, 6.45) is 1.25. The smallest absolute Gasteiger partial charge is 0.335 e. The lowest BCUT2D eigenvalue weighted by Gasteiger charge is -2.42. The monoisotopic (exact) mass is 428 g/mol. The molecule has 5 heteroatoms. The van der Waals surface area contributed by atoms with Crippen LogP contribution in [0.4, 0.5) is 0 Å². The third kappa shape index (κ3) is 4.71. The van der Waals surface area contributed by atoms with Gasteiger partial charge >= 0.3 is 5.97 Å². The van der Waals surface area contributed by atoms with Crippen molar-refractivity contribution in [1.82, 2.24) is 0 Å². The second kappa shape index (κ2) is 9.67. The maximum absolute atomic E-state index is 11.6. The van der Waals surface area contributed by atoms with Crippen LogP contribution in [-0.2, 0) is 4.74 Å². The van der Waals surface area contributed by atoms with E-state index < -0.39 is 5.97 Å². The zero-order chi connectivity index (χ0) is 21.8. The third-order valence-electron chi connectivity index (χ3n) is 5.76. The topological polar surface area (TPSA) is 55.8 Å². The van der Waals surface area contributed by atoms with Crippen molar-refractivity contribution < 1.29 is 19.4 Å².